The zero-order valence-corrected chi connectivity index (χ0v) is 14.2. The molecular formula is C18H18N4O4. The average molecular weight is 354 g/mol. The Morgan fingerprint density at radius 1 is 1.27 bits per heavy atom. The molecule has 0 bridgehead atoms. The van der Waals surface area contributed by atoms with Gasteiger partial charge in [0.2, 0.25) is 5.91 Å². The molecule has 2 N–H and O–H groups in total. The van der Waals surface area contributed by atoms with Crippen molar-refractivity contribution in [1.29, 1.82) is 0 Å². The van der Waals surface area contributed by atoms with Crippen molar-refractivity contribution in [1.82, 2.24) is 19.9 Å². The third kappa shape index (κ3) is 3.80. The van der Waals surface area contributed by atoms with Gasteiger partial charge in [-0.15, -0.1) is 0 Å². The van der Waals surface area contributed by atoms with E-state index in [1.807, 2.05) is 30.3 Å². The van der Waals surface area contributed by atoms with Crippen LogP contribution >= 0.6 is 0 Å². The van der Waals surface area contributed by atoms with Crippen molar-refractivity contribution in [2.75, 3.05) is 13.2 Å². The lowest BCUT2D eigenvalue weighted by atomic mass is 10.2. The number of rotatable bonds is 6. The Morgan fingerprint density at radius 2 is 2.08 bits per heavy atom. The minimum absolute atomic E-state index is 0.112. The molecule has 0 spiro atoms. The van der Waals surface area contributed by atoms with Gasteiger partial charge in [-0.1, -0.05) is 18.2 Å². The summed E-state index contributed by atoms with van der Waals surface area (Å²) in [4.78, 5) is 41.9. The number of para-hydroxylation sites is 1. The molecule has 26 heavy (non-hydrogen) atoms. The summed E-state index contributed by atoms with van der Waals surface area (Å²) in [5, 5.41) is 3.66. The highest BCUT2D eigenvalue weighted by Crippen LogP contribution is 2.22. The maximum atomic E-state index is 12.0. The van der Waals surface area contributed by atoms with Crippen LogP contribution in [-0.4, -0.2) is 33.6 Å². The average Bonchev–Trinajstić information content (AvgIpc) is 2.66. The zero-order valence-electron chi connectivity index (χ0n) is 14.2. The SMILES string of the molecule is Cn1c(=O)[nH]cc(CC(=O)NCCOc2cccc3cccnc23)c1=O. The summed E-state index contributed by atoms with van der Waals surface area (Å²) in [6.45, 7) is 0.552. The number of nitrogens with zero attached hydrogens (tertiary/aromatic N) is 2. The molecule has 0 aliphatic carbocycles. The molecular weight excluding hydrogens is 336 g/mol. The van der Waals surface area contributed by atoms with E-state index in [2.05, 4.69) is 15.3 Å². The van der Waals surface area contributed by atoms with Crippen LogP contribution in [0.5, 0.6) is 5.75 Å². The fourth-order valence-corrected chi connectivity index (χ4v) is 2.52. The molecule has 3 aromatic rings. The van der Waals surface area contributed by atoms with Gasteiger partial charge in [0.25, 0.3) is 5.56 Å². The lowest BCUT2D eigenvalue weighted by Gasteiger charge is -2.09. The van der Waals surface area contributed by atoms with Crippen molar-refractivity contribution in [3.8, 4) is 5.75 Å². The van der Waals surface area contributed by atoms with E-state index >= 15 is 0 Å². The summed E-state index contributed by atoms with van der Waals surface area (Å²) < 4.78 is 6.62. The molecule has 0 atom stereocenters. The maximum Gasteiger partial charge on any atom is 0.328 e. The van der Waals surface area contributed by atoms with Crippen LogP contribution < -0.4 is 21.3 Å². The molecule has 0 unspecified atom stereocenters. The number of nitrogens with one attached hydrogen (secondary N) is 2. The predicted octanol–water partition coefficient (Wildman–Crippen LogP) is 0.359. The van der Waals surface area contributed by atoms with Crippen LogP contribution in [0, 0.1) is 0 Å². The number of pyridine rings is 1. The van der Waals surface area contributed by atoms with Crippen molar-refractivity contribution in [3.63, 3.8) is 0 Å². The second kappa shape index (κ2) is 7.64. The molecule has 0 aliphatic heterocycles. The first kappa shape index (κ1) is 17.4. The molecule has 0 fully saturated rings. The number of aromatic nitrogens is 3. The first-order valence-electron chi connectivity index (χ1n) is 8.07. The van der Waals surface area contributed by atoms with E-state index in [0.29, 0.717) is 5.75 Å². The number of fused-ring (bicyclic) bond motifs is 1. The van der Waals surface area contributed by atoms with Gasteiger partial charge in [0.05, 0.1) is 13.0 Å². The second-order valence-corrected chi connectivity index (χ2v) is 5.69. The van der Waals surface area contributed by atoms with E-state index in [-0.39, 0.29) is 31.0 Å². The number of hydrogen-bond acceptors (Lipinski definition) is 5. The van der Waals surface area contributed by atoms with E-state index in [1.54, 1.807) is 6.20 Å². The molecule has 8 nitrogen and oxygen atoms in total. The Balaban J connectivity index is 1.54. The lowest BCUT2D eigenvalue weighted by molar-refractivity contribution is -0.120. The molecule has 1 aromatic carbocycles. The summed E-state index contributed by atoms with van der Waals surface area (Å²) in [5.41, 5.74) is -0.0138. The Morgan fingerprint density at radius 3 is 2.92 bits per heavy atom. The third-order valence-corrected chi connectivity index (χ3v) is 3.88. The van der Waals surface area contributed by atoms with Gasteiger partial charge in [0.15, 0.2) is 0 Å². The highest BCUT2D eigenvalue weighted by molar-refractivity contribution is 5.84. The fraction of sp³-hybridized carbons (Fsp3) is 0.222. The minimum atomic E-state index is -0.517. The molecule has 0 saturated heterocycles. The van der Waals surface area contributed by atoms with Gasteiger partial charge < -0.3 is 15.0 Å². The summed E-state index contributed by atoms with van der Waals surface area (Å²) in [7, 11) is 1.36. The Labute approximate surface area is 148 Å². The van der Waals surface area contributed by atoms with Crippen LogP contribution in [0.3, 0.4) is 0 Å². The molecule has 3 rings (SSSR count). The van der Waals surface area contributed by atoms with Gasteiger partial charge in [0.1, 0.15) is 17.9 Å². The van der Waals surface area contributed by atoms with Crippen LogP contribution in [0.15, 0.2) is 52.3 Å². The smallest absolute Gasteiger partial charge is 0.328 e. The minimum Gasteiger partial charge on any atom is -0.489 e. The van der Waals surface area contributed by atoms with Gasteiger partial charge in [-0.25, -0.2) is 4.79 Å². The number of H-pyrrole nitrogens is 1. The molecule has 1 amide bonds. The maximum absolute atomic E-state index is 12.0. The highest BCUT2D eigenvalue weighted by Gasteiger charge is 2.09. The van der Waals surface area contributed by atoms with E-state index in [1.165, 1.54) is 13.2 Å². The number of ether oxygens (including phenoxy) is 1. The predicted molar refractivity (Wildman–Crippen MR) is 96.3 cm³/mol. The number of aromatic amines is 1. The van der Waals surface area contributed by atoms with Crippen LogP contribution in [0.4, 0.5) is 0 Å². The van der Waals surface area contributed by atoms with Crippen molar-refractivity contribution >= 4 is 16.8 Å². The molecule has 2 aromatic heterocycles. The van der Waals surface area contributed by atoms with Gasteiger partial charge in [0, 0.05) is 30.4 Å². The monoisotopic (exact) mass is 354 g/mol. The number of carbonyl (C=O) groups excluding carboxylic acids is 1. The topological polar surface area (TPSA) is 106 Å². The lowest BCUT2D eigenvalue weighted by Crippen LogP contribution is -2.37. The number of amides is 1. The van der Waals surface area contributed by atoms with Crippen LogP contribution in [0.1, 0.15) is 5.56 Å². The van der Waals surface area contributed by atoms with Crippen LogP contribution in [-0.2, 0) is 18.3 Å². The number of hydrogen-bond donors (Lipinski definition) is 2. The standard InChI is InChI=1S/C18H18N4O4/c1-22-17(24)13(11-21-18(22)25)10-15(23)19-8-9-26-14-6-2-4-12-5-3-7-20-16(12)14/h2-7,11H,8-10H2,1H3,(H,19,23)(H,21,25). The summed E-state index contributed by atoms with van der Waals surface area (Å²) in [6, 6.07) is 9.45. The van der Waals surface area contributed by atoms with E-state index in [9.17, 15) is 14.4 Å². The molecule has 134 valence electrons. The normalized spacial score (nSPS) is 10.7. The van der Waals surface area contributed by atoms with Gasteiger partial charge in [-0.2, -0.15) is 0 Å². The van der Waals surface area contributed by atoms with Crippen LogP contribution in [0.2, 0.25) is 0 Å². The van der Waals surface area contributed by atoms with Crippen molar-refractivity contribution < 1.29 is 9.53 Å². The van der Waals surface area contributed by atoms with Crippen molar-refractivity contribution in [3.05, 3.63) is 69.1 Å². The Bertz CT molecular complexity index is 1050. The fourth-order valence-electron chi connectivity index (χ4n) is 2.52. The molecule has 8 heteroatoms. The summed E-state index contributed by atoms with van der Waals surface area (Å²) >= 11 is 0. The summed E-state index contributed by atoms with van der Waals surface area (Å²) in [5.74, 6) is 0.320. The summed E-state index contributed by atoms with van der Waals surface area (Å²) in [6.07, 6.45) is 2.85. The number of carbonyl (C=O) groups is 1. The van der Waals surface area contributed by atoms with Gasteiger partial charge >= 0.3 is 5.69 Å². The van der Waals surface area contributed by atoms with Gasteiger partial charge in [-0.3, -0.25) is 19.1 Å². The highest BCUT2D eigenvalue weighted by atomic mass is 16.5. The van der Waals surface area contributed by atoms with Crippen LogP contribution in [0.25, 0.3) is 10.9 Å². The van der Waals surface area contributed by atoms with Gasteiger partial charge in [-0.05, 0) is 12.1 Å². The zero-order chi connectivity index (χ0) is 18.5. The quantitative estimate of drug-likeness (QED) is 0.622. The Hall–Kier alpha value is -3.42. The number of benzene rings is 1. The van der Waals surface area contributed by atoms with Crippen molar-refractivity contribution in [2.24, 2.45) is 7.05 Å². The molecule has 2 heterocycles. The van der Waals surface area contributed by atoms with Crippen molar-refractivity contribution in [2.45, 2.75) is 6.42 Å². The van der Waals surface area contributed by atoms with E-state index in [4.69, 9.17) is 4.74 Å². The third-order valence-electron chi connectivity index (χ3n) is 3.88. The van der Waals surface area contributed by atoms with E-state index in [0.717, 1.165) is 15.5 Å². The largest absolute Gasteiger partial charge is 0.489 e. The van der Waals surface area contributed by atoms with E-state index < -0.39 is 11.2 Å². The first-order chi connectivity index (χ1) is 12.6. The molecule has 0 saturated carbocycles. The molecule has 0 aliphatic rings. The second-order valence-electron chi connectivity index (χ2n) is 5.69. The molecule has 0 radical (unpaired) electrons. The Kier molecular flexibility index (Phi) is 5.12. The first-order valence-corrected chi connectivity index (χ1v) is 8.07.